The molecule has 4 aliphatic rings. The Morgan fingerprint density at radius 3 is 0.855 bits per heavy atom. The number of benzene rings is 8. The van der Waals surface area contributed by atoms with E-state index in [0.717, 1.165) is 0 Å². The second-order valence-electron chi connectivity index (χ2n) is 20.2. The number of fused-ring (bicyclic) bond motifs is 8. The van der Waals surface area contributed by atoms with Gasteiger partial charge in [0.15, 0.2) is 0 Å². The van der Waals surface area contributed by atoms with Gasteiger partial charge in [-0.05, 0) is 132 Å². The average molecular weight is 801 g/mol. The lowest BCUT2D eigenvalue weighted by atomic mass is 9.65. The van der Waals surface area contributed by atoms with Crippen LogP contribution < -0.4 is 9.80 Å². The summed E-state index contributed by atoms with van der Waals surface area (Å²) in [6, 6.07) is 64.4. The van der Waals surface area contributed by atoms with E-state index >= 15 is 0 Å². The van der Waals surface area contributed by atoms with Crippen LogP contribution in [0.15, 0.2) is 170 Å². The van der Waals surface area contributed by atoms with E-state index in [1.54, 1.807) is 0 Å². The molecule has 2 nitrogen and oxygen atoms in total. The van der Waals surface area contributed by atoms with Crippen LogP contribution in [0.5, 0.6) is 0 Å². The molecule has 0 amide bonds. The molecule has 2 heteroatoms. The molecule has 62 heavy (non-hydrogen) atoms. The molecule has 4 heterocycles. The highest BCUT2D eigenvalue weighted by atomic mass is 15.2. The molecule has 12 rings (SSSR count). The van der Waals surface area contributed by atoms with E-state index in [2.05, 4.69) is 235 Å². The summed E-state index contributed by atoms with van der Waals surface area (Å²) >= 11 is 0. The maximum absolute atomic E-state index is 2.54. The molecule has 0 radical (unpaired) electrons. The number of para-hydroxylation sites is 4. The summed E-state index contributed by atoms with van der Waals surface area (Å²) < 4.78 is 0. The molecule has 0 saturated heterocycles. The van der Waals surface area contributed by atoms with E-state index < -0.39 is 0 Å². The first kappa shape index (κ1) is 37.1. The monoisotopic (exact) mass is 800 g/mol. The molecule has 0 bridgehead atoms. The van der Waals surface area contributed by atoms with E-state index in [1.165, 1.54) is 112 Å². The lowest BCUT2D eigenvalue weighted by Gasteiger charge is -2.49. The SMILES string of the molecule is CC1(C)c2ccccc2N2c3ccccc3C(C)(C)c3cc(-c4ccc(-c5cccc(-c6cc7c8c(c6)C(C)(C)c6ccccc6N8c6ccccc6C7(C)C)c5)cc4)cc1c32. The molecule has 0 atom stereocenters. The van der Waals surface area contributed by atoms with Crippen LogP contribution in [0.4, 0.5) is 34.1 Å². The fourth-order valence-corrected chi connectivity index (χ4v) is 11.8. The molecule has 0 aromatic heterocycles. The van der Waals surface area contributed by atoms with Crippen LogP contribution in [0.2, 0.25) is 0 Å². The Morgan fingerprint density at radius 2 is 0.516 bits per heavy atom. The number of rotatable bonds is 3. The quantitative estimate of drug-likeness (QED) is 0.176. The Hall–Kier alpha value is -6.64. The van der Waals surface area contributed by atoms with Crippen LogP contribution in [0.1, 0.15) is 99.9 Å². The zero-order chi connectivity index (χ0) is 42.5. The normalized spacial score (nSPS) is 17.2. The zero-order valence-electron chi connectivity index (χ0n) is 37.1. The van der Waals surface area contributed by atoms with Crippen LogP contribution in [0.3, 0.4) is 0 Å². The molecule has 8 aromatic rings. The van der Waals surface area contributed by atoms with Crippen molar-refractivity contribution in [2.24, 2.45) is 0 Å². The van der Waals surface area contributed by atoms with Crippen molar-refractivity contribution in [3.8, 4) is 33.4 Å². The van der Waals surface area contributed by atoms with Crippen molar-refractivity contribution in [3.05, 3.63) is 214 Å². The van der Waals surface area contributed by atoms with Gasteiger partial charge < -0.3 is 9.80 Å². The smallest absolute Gasteiger partial charge is 0.0544 e. The third-order valence-corrected chi connectivity index (χ3v) is 15.4. The van der Waals surface area contributed by atoms with Crippen molar-refractivity contribution in [1.29, 1.82) is 0 Å². The van der Waals surface area contributed by atoms with Crippen LogP contribution in [-0.2, 0) is 21.7 Å². The largest absolute Gasteiger partial charge is 0.309 e. The van der Waals surface area contributed by atoms with Crippen molar-refractivity contribution < 1.29 is 0 Å². The van der Waals surface area contributed by atoms with E-state index in [-0.39, 0.29) is 21.7 Å². The first-order valence-electron chi connectivity index (χ1n) is 22.4. The minimum absolute atomic E-state index is 0.166. The van der Waals surface area contributed by atoms with Gasteiger partial charge in [-0.25, -0.2) is 0 Å². The highest BCUT2D eigenvalue weighted by molar-refractivity contribution is 5.96. The number of hydrogen-bond acceptors (Lipinski definition) is 2. The summed E-state index contributed by atoms with van der Waals surface area (Å²) in [5.74, 6) is 0. The van der Waals surface area contributed by atoms with Gasteiger partial charge in [0.2, 0.25) is 0 Å². The van der Waals surface area contributed by atoms with Gasteiger partial charge in [0.25, 0.3) is 0 Å². The molecule has 0 aliphatic carbocycles. The van der Waals surface area contributed by atoms with Crippen molar-refractivity contribution in [2.75, 3.05) is 9.80 Å². The van der Waals surface area contributed by atoms with Crippen molar-refractivity contribution in [3.63, 3.8) is 0 Å². The third kappa shape index (κ3) is 4.87. The molecular formula is C60H52N2. The Balaban J connectivity index is 0.958. The minimum atomic E-state index is -0.173. The molecule has 302 valence electrons. The maximum Gasteiger partial charge on any atom is 0.0544 e. The topological polar surface area (TPSA) is 6.48 Å². The second-order valence-corrected chi connectivity index (χ2v) is 20.2. The average Bonchev–Trinajstić information content (AvgIpc) is 3.28. The fraction of sp³-hybridized carbons (Fsp3) is 0.200. The Morgan fingerprint density at radius 1 is 0.242 bits per heavy atom. The summed E-state index contributed by atoms with van der Waals surface area (Å²) in [4.78, 5) is 5.08. The molecule has 4 aliphatic heterocycles. The van der Waals surface area contributed by atoms with E-state index in [0.29, 0.717) is 0 Å². The summed E-state index contributed by atoms with van der Waals surface area (Å²) in [7, 11) is 0. The number of nitrogens with zero attached hydrogens (tertiary/aromatic N) is 2. The van der Waals surface area contributed by atoms with Crippen LogP contribution in [0.25, 0.3) is 33.4 Å². The lowest BCUT2D eigenvalue weighted by Crippen LogP contribution is -2.38. The molecule has 8 aromatic carbocycles. The van der Waals surface area contributed by atoms with Gasteiger partial charge in [0.1, 0.15) is 0 Å². The van der Waals surface area contributed by atoms with Crippen LogP contribution in [0, 0.1) is 0 Å². The van der Waals surface area contributed by atoms with Gasteiger partial charge in [0, 0.05) is 21.7 Å². The van der Waals surface area contributed by atoms with Gasteiger partial charge in [-0.1, -0.05) is 171 Å². The van der Waals surface area contributed by atoms with E-state index in [4.69, 9.17) is 0 Å². The van der Waals surface area contributed by atoms with Crippen LogP contribution >= 0.6 is 0 Å². The summed E-state index contributed by atoms with van der Waals surface area (Å²) in [5.41, 5.74) is 25.6. The maximum atomic E-state index is 2.54. The predicted octanol–water partition coefficient (Wildman–Crippen LogP) is 16.2. The first-order valence-corrected chi connectivity index (χ1v) is 22.4. The second kappa shape index (κ2) is 12.5. The van der Waals surface area contributed by atoms with Crippen molar-refractivity contribution in [2.45, 2.75) is 77.0 Å². The molecule has 0 saturated carbocycles. The molecule has 0 spiro atoms. The molecule has 0 unspecified atom stereocenters. The zero-order valence-corrected chi connectivity index (χ0v) is 37.1. The minimum Gasteiger partial charge on any atom is -0.309 e. The van der Waals surface area contributed by atoms with Crippen LogP contribution in [-0.4, -0.2) is 0 Å². The summed E-state index contributed by atoms with van der Waals surface area (Å²) in [6.07, 6.45) is 0. The van der Waals surface area contributed by atoms with Gasteiger partial charge in [-0.3, -0.25) is 0 Å². The standard InChI is InChI=1S/C60H52N2/c1-57(2)43-20-9-13-24-51(43)61-52-25-14-10-21-44(52)58(3,4)48-34-41(33-47(57)55(48)61)38-30-28-37(29-31-38)39-18-17-19-40(32-39)42-35-49-56-50(36-42)60(7,8)46-23-12-16-27-54(46)62(56)53-26-15-11-22-45(53)59(49,5)6/h9-36H,1-8H3. The fourth-order valence-electron chi connectivity index (χ4n) is 11.8. The molecular weight excluding hydrogens is 749 g/mol. The predicted molar refractivity (Wildman–Crippen MR) is 261 cm³/mol. The van der Waals surface area contributed by atoms with Crippen molar-refractivity contribution in [1.82, 2.24) is 0 Å². The number of anilines is 6. The highest BCUT2D eigenvalue weighted by Crippen LogP contribution is 2.62. The summed E-state index contributed by atoms with van der Waals surface area (Å²) in [5, 5.41) is 0. The molecule has 0 fully saturated rings. The Bertz CT molecular complexity index is 3030. The van der Waals surface area contributed by atoms with Crippen molar-refractivity contribution >= 4 is 34.1 Å². The van der Waals surface area contributed by atoms with E-state index in [1.807, 2.05) is 0 Å². The van der Waals surface area contributed by atoms with Gasteiger partial charge in [-0.2, -0.15) is 0 Å². The lowest BCUT2D eigenvalue weighted by molar-refractivity contribution is 0.597. The highest BCUT2D eigenvalue weighted by Gasteiger charge is 2.47. The first-order chi connectivity index (χ1) is 29.8. The Kier molecular flexibility index (Phi) is 7.48. The van der Waals surface area contributed by atoms with Gasteiger partial charge in [-0.15, -0.1) is 0 Å². The van der Waals surface area contributed by atoms with Gasteiger partial charge >= 0.3 is 0 Å². The molecule has 0 N–H and O–H groups in total. The summed E-state index contributed by atoms with van der Waals surface area (Å²) in [6.45, 7) is 19.2. The van der Waals surface area contributed by atoms with E-state index in [9.17, 15) is 0 Å². The number of hydrogen-bond donors (Lipinski definition) is 0. The third-order valence-electron chi connectivity index (χ3n) is 15.4. The Labute approximate surface area is 367 Å². The van der Waals surface area contributed by atoms with Gasteiger partial charge in [0.05, 0.1) is 34.1 Å².